The van der Waals surface area contributed by atoms with Crippen molar-refractivity contribution < 1.29 is 9.90 Å². The molecular weight excluding hydrogens is 282 g/mol. The summed E-state index contributed by atoms with van der Waals surface area (Å²) in [4.78, 5) is 18.8. The second kappa shape index (κ2) is 7.33. The number of amides is 1. The summed E-state index contributed by atoms with van der Waals surface area (Å²) in [6, 6.07) is -0.301. The number of fused-ring (bicyclic) bond motifs is 1. The van der Waals surface area contributed by atoms with Crippen LogP contribution in [0.5, 0.6) is 0 Å². The molecule has 0 fully saturated rings. The number of hydrogen-bond acceptors (Lipinski definition) is 5. The molecule has 0 unspecified atom stereocenters. The van der Waals surface area contributed by atoms with Gasteiger partial charge in [0.25, 0.3) is 5.91 Å². The van der Waals surface area contributed by atoms with E-state index in [2.05, 4.69) is 34.1 Å². The average Bonchev–Trinajstić information content (AvgIpc) is 2.95. The third-order valence-corrected chi connectivity index (χ3v) is 3.61. The SMILES string of the molecule is CCN(CC)Cc1cnc2c(C(=O)N[C@@H](C)CO)cnn2c1. The molecule has 0 aliphatic carbocycles. The van der Waals surface area contributed by atoms with E-state index in [1.165, 1.54) is 6.20 Å². The second-order valence-electron chi connectivity index (χ2n) is 5.31. The van der Waals surface area contributed by atoms with Gasteiger partial charge in [-0.2, -0.15) is 5.10 Å². The van der Waals surface area contributed by atoms with Crippen molar-refractivity contribution in [3.05, 3.63) is 29.7 Å². The van der Waals surface area contributed by atoms with Crippen molar-refractivity contribution in [2.24, 2.45) is 0 Å². The Labute approximate surface area is 130 Å². The van der Waals surface area contributed by atoms with Crippen LogP contribution in [-0.4, -0.2) is 56.2 Å². The van der Waals surface area contributed by atoms with Crippen LogP contribution in [0.15, 0.2) is 18.6 Å². The van der Waals surface area contributed by atoms with E-state index in [1.807, 2.05) is 6.20 Å². The number of carbonyl (C=O) groups is 1. The lowest BCUT2D eigenvalue weighted by atomic mass is 10.2. The Morgan fingerprint density at radius 3 is 2.77 bits per heavy atom. The number of carbonyl (C=O) groups excluding carboxylic acids is 1. The molecule has 2 heterocycles. The Balaban J connectivity index is 2.21. The van der Waals surface area contributed by atoms with E-state index in [1.54, 1.807) is 17.6 Å². The number of aromatic nitrogens is 3. The van der Waals surface area contributed by atoms with E-state index in [4.69, 9.17) is 5.11 Å². The summed E-state index contributed by atoms with van der Waals surface area (Å²) in [7, 11) is 0. The van der Waals surface area contributed by atoms with Crippen LogP contribution in [0.2, 0.25) is 0 Å². The molecule has 7 heteroatoms. The quantitative estimate of drug-likeness (QED) is 0.786. The Bertz CT molecular complexity index is 636. The van der Waals surface area contributed by atoms with Gasteiger partial charge in [-0.25, -0.2) is 9.50 Å². The monoisotopic (exact) mass is 305 g/mol. The summed E-state index contributed by atoms with van der Waals surface area (Å²) < 4.78 is 1.62. The number of rotatable bonds is 7. The maximum absolute atomic E-state index is 12.1. The molecule has 0 aliphatic heterocycles. The number of nitrogens with zero attached hydrogens (tertiary/aromatic N) is 4. The largest absolute Gasteiger partial charge is 0.394 e. The number of hydrogen-bond donors (Lipinski definition) is 2. The Morgan fingerprint density at radius 2 is 2.14 bits per heavy atom. The van der Waals surface area contributed by atoms with Gasteiger partial charge in [0.2, 0.25) is 0 Å². The van der Waals surface area contributed by atoms with Gasteiger partial charge >= 0.3 is 0 Å². The first-order chi connectivity index (χ1) is 10.6. The molecule has 0 bridgehead atoms. The molecule has 2 aromatic rings. The highest BCUT2D eigenvalue weighted by Gasteiger charge is 2.16. The van der Waals surface area contributed by atoms with Gasteiger partial charge in [0.05, 0.1) is 12.8 Å². The molecule has 22 heavy (non-hydrogen) atoms. The van der Waals surface area contributed by atoms with Gasteiger partial charge in [-0.1, -0.05) is 13.8 Å². The zero-order chi connectivity index (χ0) is 16.1. The van der Waals surface area contributed by atoms with Crippen LogP contribution in [0, 0.1) is 0 Å². The van der Waals surface area contributed by atoms with Gasteiger partial charge in [0.15, 0.2) is 5.65 Å². The van der Waals surface area contributed by atoms with Crippen LogP contribution in [0.1, 0.15) is 36.7 Å². The molecule has 0 saturated heterocycles. The molecule has 7 nitrogen and oxygen atoms in total. The van der Waals surface area contributed by atoms with Crippen LogP contribution >= 0.6 is 0 Å². The molecule has 0 saturated carbocycles. The van der Waals surface area contributed by atoms with E-state index in [0.717, 1.165) is 25.2 Å². The van der Waals surface area contributed by atoms with Crippen molar-refractivity contribution in [2.45, 2.75) is 33.4 Å². The highest BCUT2D eigenvalue weighted by atomic mass is 16.3. The lowest BCUT2D eigenvalue weighted by Crippen LogP contribution is -2.35. The lowest BCUT2D eigenvalue weighted by Gasteiger charge is -2.17. The van der Waals surface area contributed by atoms with Gasteiger partial charge in [-0.05, 0) is 20.0 Å². The third kappa shape index (κ3) is 3.61. The molecule has 1 amide bonds. The molecule has 0 aliphatic rings. The van der Waals surface area contributed by atoms with Crippen molar-refractivity contribution >= 4 is 11.6 Å². The minimum absolute atomic E-state index is 0.105. The Hall–Kier alpha value is -1.99. The Morgan fingerprint density at radius 1 is 1.41 bits per heavy atom. The molecule has 120 valence electrons. The number of aliphatic hydroxyl groups is 1. The highest BCUT2D eigenvalue weighted by molar-refractivity contribution is 5.99. The first-order valence-electron chi connectivity index (χ1n) is 7.55. The van der Waals surface area contributed by atoms with Gasteiger partial charge in [0, 0.05) is 30.5 Å². The topological polar surface area (TPSA) is 82.8 Å². The van der Waals surface area contributed by atoms with Crippen molar-refractivity contribution in [2.75, 3.05) is 19.7 Å². The van der Waals surface area contributed by atoms with Gasteiger partial charge in [-0.3, -0.25) is 9.69 Å². The summed E-state index contributed by atoms with van der Waals surface area (Å²) >= 11 is 0. The predicted octanol–water partition coefficient (Wildman–Crippen LogP) is 0.682. The molecule has 2 aromatic heterocycles. The molecule has 1 atom stereocenters. The maximum Gasteiger partial charge on any atom is 0.257 e. The van der Waals surface area contributed by atoms with E-state index in [-0.39, 0.29) is 18.6 Å². The van der Waals surface area contributed by atoms with Gasteiger partial charge in [0.1, 0.15) is 5.56 Å². The summed E-state index contributed by atoms with van der Waals surface area (Å²) in [6.45, 7) is 8.62. The summed E-state index contributed by atoms with van der Waals surface area (Å²) in [6.07, 6.45) is 5.18. The zero-order valence-electron chi connectivity index (χ0n) is 13.3. The smallest absolute Gasteiger partial charge is 0.257 e. The first-order valence-corrected chi connectivity index (χ1v) is 7.55. The third-order valence-electron chi connectivity index (χ3n) is 3.61. The Kier molecular flexibility index (Phi) is 5.46. The van der Waals surface area contributed by atoms with Gasteiger partial charge < -0.3 is 10.4 Å². The van der Waals surface area contributed by atoms with Gasteiger partial charge in [-0.15, -0.1) is 0 Å². The van der Waals surface area contributed by atoms with E-state index in [9.17, 15) is 4.79 Å². The van der Waals surface area contributed by atoms with Crippen LogP contribution in [-0.2, 0) is 6.54 Å². The summed E-state index contributed by atoms with van der Waals surface area (Å²) in [5, 5.41) is 15.9. The van der Waals surface area contributed by atoms with Crippen molar-refractivity contribution in [3.63, 3.8) is 0 Å². The van der Waals surface area contributed by atoms with Crippen molar-refractivity contribution in [3.8, 4) is 0 Å². The molecule has 0 aromatic carbocycles. The maximum atomic E-state index is 12.1. The zero-order valence-corrected chi connectivity index (χ0v) is 13.3. The second-order valence-corrected chi connectivity index (χ2v) is 5.31. The minimum Gasteiger partial charge on any atom is -0.394 e. The molecular formula is C15H23N5O2. The molecule has 0 spiro atoms. The predicted molar refractivity (Wildman–Crippen MR) is 83.6 cm³/mol. The average molecular weight is 305 g/mol. The minimum atomic E-state index is -0.301. The normalized spacial score (nSPS) is 12.8. The fourth-order valence-corrected chi connectivity index (χ4v) is 2.21. The van der Waals surface area contributed by atoms with Crippen LogP contribution < -0.4 is 5.32 Å². The van der Waals surface area contributed by atoms with Crippen LogP contribution in [0.25, 0.3) is 5.65 Å². The summed E-state index contributed by atoms with van der Waals surface area (Å²) in [5.41, 5.74) is 1.98. The lowest BCUT2D eigenvalue weighted by molar-refractivity contribution is 0.0924. The summed E-state index contributed by atoms with van der Waals surface area (Å²) in [5.74, 6) is -0.277. The van der Waals surface area contributed by atoms with Crippen LogP contribution in [0.4, 0.5) is 0 Å². The van der Waals surface area contributed by atoms with Crippen molar-refractivity contribution in [1.82, 2.24) is 24.8 Å². The first kappa shape index (κ1) is 16.4. The highest BCUT2D eigenvalue weighted by Crippen LogP contribution is 2.10. The van der Waals surface area contributed by atoms with Crippen LogP contribution in [0.3, 0.4) is 0 Å². The number of nitrogens with one attached hydrogen (secondary N) is 1. The standard InChI is InChI=1S/C15H23N5O2/c1-4-19(5-2)8-12-6-16-14-13(7-17-20(14)9-12)15(22)18-11(3)10-21/h6-7,9,11,21H,4-5,8,10H2,1-3H3,(H,18,22)/t11-/m0/s1. The molecule has 0 radical (unpaired) electrons. The fraction of sp³-hybridized carbons (Fsp3) is 0.533. The molecule has 2 N–H and O–H groups in total. The number of aliphatic hydroxyl groups excluding tert-OH is 1. The fourth-order valence-electron chi connectivity index (χ4n) is 2.21. The van der Waals surface area contributed by atoms with E-state index in [0.29, 0.717) is 11.2 Å². The van der Waals surface area contributed by atoms with Crippen molar-refractivity contribution in [1.29, 1.82) is 0 Å². The van der Waals surface area contributed by atoms with E-state index < -0.39 is 0 Å². The van der Waals surface area contributed by atoms with E-state index >= 15 is 0 Å². The molecule has 2 rings (SSSR count).